The molecule has 4 heteroatoms. The summed E-state index contributed by atoms with van der Waals surface area (Å²) in [6, 6.07) is 7.99. The van der Waals surface area contributed by atoms with E-state index in [1.807, 2.05) is 25.1 Å². The number of benzene rings is 1. The predicted molar refractivity (Wildman–Crippen MR) is 72.2 cm³/mol. The smallest absolute Gasteiger partial charge is 0.226 e. The SMILES string of the molecule is CCc1ccccc1Oc1nc(NC)ncc1C. The number of nitrogens with zero attached hydrogens (tertiary/aromatic N) is 2. The second kappa shape index (κ2) is 5.49. The lowest BCUT2D eigenvalue weighted by Crippen LogP contribution is -2.00. The average molecular weight is 243 g/mol. The Morgan fingerprint density at radius 3 is 2.78 bits per heavy atom. The van der Waals surface area contributed by atoms with Crippen molar-refractivity contribution in [3.63, 3.8) is 0 Å². The highest BCUT2D eigenvalue weighted by Gasteiger charge is 2.08. The molecule has 18 heavy (non-hydrogen) atoms. The highest BCUT2D eigenvalue weighted by molar-refractivity contribution is 5.39. The molecule has 0 saturated heterocycles. The monoisotopic (exact) mass is 243 g/mol. The molecule has 0 aliphatic rings. The number of rotatable bonds is 4. The summed E-state index contributed by atoms with van der Waals surface area (Å²) in [7, 11) is 1.79. The van der Waals surface area contributed by atoms with Gasteiger partial charge < -0.3 is 10.1 Å². The number of aryl methyl sites for hydroxylation is 2. The predicted octanol–water partition coefficient (Wildman–Crippen LogP) is 3.18. The van der Waals surface area contributed by atoms with Gasteiger partial charge in [0.1, 0.15) is 5.75 Å². The summed E-state index contributed by atoms with van der Waals surface area (Å²) in [4.78, 5) is 8.46. The number of nitrogens with one attached hydrogen (secondary N) is 1. The zero-order valence-electron chi connectivity index (χ0n) is 10.9. The first-order valence-corrected chi connectivity index (χ1v) is 6.01. The molecule has 0 saturated carbocycles. The fourth-order valence-corrected chi connectivity index (χ4v) is 1.65. The molecule has 0 bridgehead atoms. The van der Waals surface area contributed by atoms with Crippen LogP contribution in [0.4, 0.5) is 5.95 Å². The zero-order chi connectivity index (χ0) is 13.0. The quantitative estimate of drug-likeness (QED) is 0.895. The van der Waals surface area contributed by atoms with Crippen LogP contribution in [0, 0.1) is 6.92 Å². The highest BCUT2D eigenvalue weighted by Crippen LogP contribution is 2.26. The van der Waals surface area contributed by atoms with Crippen molar-refractivity contribution in [3.8, 4) is 11.6 Å². The van der Waals surface area contributed by atoms with Crippen LogP contribution in [0.25, 0.3) is 0 Å². The number of para-hydroxylation sites is 1. The molecule has 0 radical (unpaired) electrons. The molecule has 2 aromatic rings. The van der Waals surface area contributed by atoms with E-state index in [-0.39, 0.29) is 0 Å². The van der Waals surface area contributed by atoms with Crippen molar-refractivity contribution in [2.24, 2.45) is 0 Å². The highest BCUT2D eigenvalue weighted by atomic mass is 16.5. The molecule has 1 aromatic heterocycles. The molecule has 1 heterocycles. The molecule has 4 nitrogen and oxygen atoms in total. The normalized spacial score (nSPS) is 10.2. The Bertz CT molecular complexity index is 540. The Morgan fingerprint density at radius 2 is 2.06 bits per heavy atom. The Balaban J connectivity index is 2.33. The maximum atomic E-state index is 5.88. The summed E-state index contributed by atoms with van der Waals surface area (Å²) < 4.78 is 5.88. The molecular formula is C14H17N3O. The number of hydrogen-bond donors (Lipinski definition) is 1. The first-order valence-electron chi connectivity index (χ1n) is 6.01. The van der Waals surface area contributed by atoms with Crippen LogP contribution < -0.4 is 10.1 Å². The van der Waals surface area contributed by atoms with Crippen LogP contribution in [0.2, 0.25) is 0 Å². The minimum atomic E-state index is 0.560. The maximum absolute atomic E-state index is 5.88. The molecule has 0 aliphatic heterocycles. The standard InChI is InChI=1S/C14H17N3O/c1-4-11-7-5-6-8-12(11)18-13-10(2)9-16-14(15-3)17-13/h5-9H,4H2,1-3H3,(H,15,16,17). The van der Waals surface area contributed by atoms with Crippen molar-refractivity contribution >= 4 is 5.95 Å². The minimum Gasteiger partial charge on any atom is -0.438 e. The second-order valence-corrected chi connectivity index (χ2v) is 4.00. The molecule has 1 N–H and O–H groups in total. The van der Waals surface area contributed by atoms with Crippen molar-refractivity contribution in [3.05, 3.63) is 41.6 Å². The van der Waals surface area contributed by atoms with Crippen molar-refractivity contribution < 1.29 is 4.74 Å². The molecule has 2 rings (SSSR count). The number of hydrogen-bond acceptors (Lipinski definition) is 4. The van der Waals surface area contributed by atoms with E-state index in [1.54, 1.807) is 13.2 Å². The third-order valence-corrected chi connectivity index (χ3v) is 2.71. The van der Waals surface area contributed by atoms with Gasteiger partial charge in [-0.3, -0.25) is 0 Å². The summed E-state index contributed by atoms with van der Waals surface area (Å²) in [5.74, 6) is 2.00. The molecule has 0 amide bonds. The van der Waals surface area contributed by atoms with Crippen molar-refractivity contribution in [2.45, 2.75) is 20.3 Å². The molecule has 1 aromatic carbocycles. The van der Waals surface area contributed by atoms with E-state index in [2.05, 4.69) is 28.3 Å². The molecule has 0 fully saturated rings. The van der Waals surface area contributed by atoms with Crippen molar-refractivity contribution in [1.29, 1.82) is 0 Å². The summed E-state index contributed by atoms with van der Waals surface area (Å²) in [6.07, 6.45) is 2.68. The summed E-state index contributed by atoms with van der Waals surface area (Å²) in [5.41, 5.74) is 2.08. The van der Waals surface area contributed by atoms with Crippen LogP contribution in [-0.4, -0.2) is 17.0 Å². The third-order valence-electron chi connectivity index (χ3n) is 2.71. The van der Waals surface area contributed by atoms with E-state index >= 15 is 0 Å². The Hall–Kier alpha value is -2.10. The van der Waals surface area contributed by atoms with Gasteiger partial charge in [-0.1, -0.05) is 25.1 Å². The molecule has 0 aliphatic carbocycles. The molecular weight excluding hydrogens is 226 g/mol. The van der Waals surface area contributed by atoms with Gasteiger partial charge in [-0.2, -0.15) is 4.98 Å². The van der Waals surface area contributed by atoms with Crippen LogP contribution in [-0.2, 0) is 6.42 Å². The van der Waals surface area contributed by atoms with E-state index < -0.39 is 0 Å². The zero-order valence-corrected chi connectivity index (χ0v) is 10.9. The van der Waals surface area contributed by atoms with Crippen LogP contribution in [0.15, 0.2) is 30.5 Å². The van der Waals surface area contributed by atoms with Gasteiger partial charge in [-0.15, -0.1) is 0 Å². The van der Waals surface area contributed by atoms with Gasteiger partial charge in [-0.25, -0.2) is 4.98 Å². The Morgan fingerprint density at radius 1 is 1.28 bits per heavy atom. The first-order chi connectivity index (χ1) is 8.74. The van der Waals surface area contributed by atoms with E-state index in [0.717, 1.165) is 17.7 Å². The lowest BCUT2D eigenvalue weighted by Gasteiger charge is -2.11. The largest absolute Gasteiger partial charge is 0.438 e. The van der Waals surface area contributed by atoms with Crippen molar-refractivity contribution in [1.82, 2.24) is 9.97 Å². The minimum absolute atomic E-state index is 0.560. The van der Waals surface area contributed by atoms with Gasteiger partial charge in [0.05, 0.1) is 0 Å². The van der Waals surface area contributed by atoms with Gasteiger partial charge in [0, 0.05) is 18.8 Å². The lowest BCUT2D eigenvalue weighted by atomic mass is 10.1. The summed E-state index contributed by atoms with van der Waals surface area (Å²) in [6.45, 7) is 4.04. The molecule has 0 atom stereocenters. The third kappa shape index (κ3) is 2.59. The van der Waals surface area contributed by atoms with Gasteiger partial charge in [0.2, 0.25) is 11.8 Å². The fraction of sp³-hybridized carbons (Fsp3) is 0.286. The van der Waals surface area contributed by atoms with Crippen molar-refractivity contribution in [2.75, 3.05) is 12.4 Å². The van der Waals surface area contributed by atoms with E-state index in [1.165, 1.54) is 5.56 Å². The van der Waals surface area contributed by atoms with E-state index in [9.17, 15) is 0 Å². The summed E-state index contributed by atoms with van der Waals surface area (Å²) in [5, 5.41) is 2.91. The van der Waals surface area contributed by atoms with Gasteiger partial charge >= 0.3 is 0 Å². The second-order valence-electron chi connectivity index (χ2n) is 4.00. The van der Waals surface area contributed by atoms with Gasteiger partial charge in [-0.05, 0) is 25.0 Å². The van der Waals surface area contributed by atoms with Gasteiger partial charge in [0.15, 0.2) is 0 Å². The molecule has 0 unspecified atom stereocenters. The van der Waals surface area contributed by atoms with Gasteiger partial charge in [0.25, 0.3) is 0 Å². The molecule has 0 spiro atoms. The number of ether oxygens (including phenoxy) is 1. The molecule has 94 valence electrons. The number of anilines is 1. The topological polar surface area (TPSA) is 47.0 Å². The van der Waals surface area contributed by atoms with E-state index in [4.69, 9.17) is 4.74 Å². The summed E-state index contributed by atoms with van der Waals surface area (Å²) >= 11 is 0. The number of aromatic nitrogens is 2. The van der Waals surface area contributed by atoms with Crippen LogP contribution >= 0.6 is 0 Å². The first kappa shape index (κ1) is 12.4. The fourth-order valence-electron chi connectivity index (χ4n) is 1.65. The van der Waals surface area contributed by atoms with Crippen LogP contribution in [0.5, 0.6) is 11.6 Å². The average Bonchev–Trinajstić information content (AvgIpc) is 2.42. The Labute approximate surface area is 107 Å². The Kier molecular flexibility index (Phi) is 3.77. The maximum Gasteiger partial charge on any atom is 0.226 e. The lowest BCUT2D eigenvalue weighted by molar-refractivity contribution is 0.453. The van der Waals surface area contributed by atoms with Crippen LogP contribution in [0.1, 0.15) is 18.1 Å². The van der Waals surface area contributed by atoms with Crippen LogP contribution in [0.3, 0.4) is 0 Å². The van der Waals surface area contributed by atoms with E-state index in [0.29, 0.717) is 11.8 Å².